The van der Waals surface area contributed by atoms with Gasteiger partial charge < -0.3 is 10.2 Å². The molecule has 9 nitrogen and oxygen atoms in total. The number of rotatable bonds is 2. The first-order valence-electron chi connectivity index (χ1n) is 9.01. The minimum atomic E-state index is -0.726. The first-order valence-corrected chi connectivity index (χ1v) is 9.01. The molecule has 1 unspecified atom stereocenters. The smallest absolute Gasteiger partial charge is 0.315 e. The maximum atomic E-state index is 12.5. The number of nitrogens with one attached hydrogen (secondary N) is 2. The Morgan fingerprint density at radius 2 is 2.04 bits per heavy atom. The topological polar surface area (TPSA) is 113 Å². The van der Waals surface area contributed by atoms with Gasteiger partial charge in [0.2, 0.25) is 5.95 Å². The largest absolute Gasteiger partial charge is 0.334 e. The summed E-state index contributed by atoms with van der Waals surface area (Å²) >= 11 is 0. The number of piperidine rings is 1. The van der Waals surface area contributed by atoms with Crippen molar-refractivity contribution in [3.05, 3.63) is 33.4 Å². The normalized spacial score (nSPS) is 17.0. The summed E-state index contributed by atoms with van der Waals surface area (Å²) in [6, 6.07) is 1.62. The van der Waals surface area contributed by atoms with E-state index in [9.17, 15) is 14.4 Å². The number of aromatic amines is 1. The molecule has 0 spiro atoms. The van der Waals surface area contributed by atoms with Crippen molar-refractivity contribution >= 4 is 17.6 Å². The van der Waals surface area contributed by atoms with Gasteiger partial charge in [-0.15, -0.1) is 0 Å². The number of aryl methyl sites for hydroxylation is 2. The molecule has 2 amide bonds. The van der Waals surface area contributed by atoms with Crippen molar-refractivity contribution in [2.45, 2.75) is 40.5 Å². The van der Waals surface area contributed by atoms with Crippen LogP contribution in [0.2, 0.25) is 0 Å². The maximum Gasteiger partial charge on any atom is 0.315 e. The van der Waals surface area contributed by atoms with Crippen molar-refractivity contribution in [3.63, 3.8) is 0 Å². The zero-order valence-corrected chi connectivity index (χ0v) is 16.0. The molecule has 0 aliphatic carbocycles. The van der Waals surface area contributed by atoms with E-state index in [1.807, 2.05) is 0 Å². The number of carbonyl (C=O) groups excluding carboxylic acids is 2. The number of H-pyrrole nitrogens is 1. The molecule has 2 aromatic heterocycles. The summed E-state index contributed by atoms with van der Waals surface area (Å²) < 4.78 is 1.33. The van der Waals surface area contributed by atoms with Crippen molar-refractivity contribution in [1.29, 1.82) is 0 Å². The van der Waals surface area contributed by atoms with E-state index in [2.05, 4.69) is 27.3 Å². The number of nitrogens with zero attached hydrogens (tertiary/aromatic N) is 4. The first kappa shape index (κ1) is 18.8. The van der Waals surface area contributed by atoms with Gasteiger partial charge in [-0.2, -0.15) is 9.78 Å². The lowest BCUT2D eigenvalue weighted by molar-refractivity contribution is -0.144. The Kier molecular flexibility index (Phi) is 5.11. The van der Waals surface area contributed by atoms with Crippen molar-refractivity contribution in [2.24, 2.45) is 5.92 Å². The summed E-state index contributed by atoms with van der Waals surface area (Å²) in [6.45, 7) is 8.39. The van der Waals surface area contributed by atoms with Crippen LogP contribution < -0.4 is 10.9 Å². The molecule has 0 aromatic carbocycles. The number of hydrogen-bond donors (Lipinski definition) is 2. The molecule has 1 aliphatic rings. The average Bonchev–Trinajstić information content (AvgIpc) is 2.98. The van der Waals surface area contributed by atoms with Crippen LogP contribution in [0.1, 0.15) is 36.7 Å². The molecular weight excluding hydrogens is 348 g/mol. The monoisotopic (exact) mass is 372 g/mol. The molecule has 1 atom stereocenters. The molecule has 1 fully saturated rings. The summed E-state index contributed by atoms with van der Waals surface area (Å²) in [7, 11) is 0. The number of carbonyl (C=O) groups is 2. The molecule has 3 heterocycles. The fourth-order valence-corrected chi connectivity index (χ4v) is 3.17. The van der Waals surface area contributed by atoms with Gasteiger partial charge in [-0.3, -0.25) is 19.4 Å². The first-order chi connectivity index (χ1) is 12.8. The second-order valence-electron chi connectivity index (χ2n) is 7.14. The zero-order chi connectivity index (χ0) is 19.7. The molecule has 1 aliphatic heterocycles. The Morgan fingerprint density at radius 1 is 1.30 bits per heavy atom. The number of aromatic nitrogens is 4. The fourth-order valence-electron chi connectivity index (χ4n) is 3.17. The van der Waals surface area contributed by atoms with Crippen molar-refractivity contribution in [3.8, 4) is 5.95 Å². The quantitative estimate of drug-likeness (QED) is 0.766. The van der Waals surface area contributed by atoms with Crippen LogP contribution in [0.15, 0.2) is 10.9 Å². The molecule has 9 heteroatoms. The summed E-state index contributed by atoms with van der Waals surface area (Å²) in [5.74, 6) is -0.439. The minimum Gasteiger partial charge on any atom is -0.334 e. The summed E-state index contributed by atoms with van der Waals surface area (Å²) in [5, 5.41) is 6.88. The Bertz CT molecular complexity index is 945. The van der Waals surface area contributed by atoms with E-state index >= 15 is 0 Å². The maximum absolute atomic E-state index is 12.5. The average molecular weight is 372 g/mol. The van der Waals surface area contributed by atoms with E-state index in [1.54, 1.807) is 31.7 Å². The van der Waals surface area contributed by atoms with Crippen LogP contribution in [0.3, 0.4) is 0 Å². The fraction of sp³-hybridized carbons (Fsp3) is 0.500. The molecule has 27 heavy (non-hydrogen) atoms. The summed E-state index contributed by atoms with van der Waals surface area (Å²) in [5.41, 5.74) is 1.42. The van der Waals surface area contributed by atoms with Gasteiger partial charge in [0, 0.05) is 30.4 Å². The molecule has 1 saturated heterocycles. The zero-order valence-electron chi connectivity index (χ0n) is 16.0. The van der Waals surface area contributed by atoms with Crippen LogP contribution in [-0.4, -0.2) is 49.6 Å². The lowest BCUT2D eigenvalue weighted by Crippen LogP contribution is -2.44. The van der Waals surface area contributed by atoms with E-state index in [-0.39, 0.29) is 17.3 Å². The molecule has 2 aromatic rings. The second kappa shape index (κ2) is 7.34. The van der Waals surface area contributed by atoms with E-state index in [4.69, 9.17) is 0 Å². The van der Waals surface area contributed by atoms with Crippen molar-refractivity contribution < 1.29 is 9.59 Å². The van der Waals surface area contributed by atoms with Crippen LogP contribution in [0.4, 0.5) is 5.82 Å². The number of hydrogen-bond acceptors (Lipinski definition) is 5. The number of anilines is 1. The lowest BCUT2D eigenvalue weighted by Gasteiger charge is -2.30. The van der Waals surface area contributed by atoms with Gasteiger partial charge in [-0.05, 0) is 39.5 Å². The van der Waals surface area contributed by atoms with Gasteiger partial charge in [-0.1, -0.05) is 6.92 Å². The van der Waals surface area contributed by atoms with Gasteiger partial charge in [0.15, 0.2) is 0 Å². The number of amides is 2. The predicted molar refractivity (Wildman–Crippen MR) is 99.8 cm³/mol. The highest BCUT2D eigenvalue weighted by atomic mass is 16.2. The van der Waals surface area contributed by atoms with Gasteiger partial charge in [0.1, 0.15) is 5.82 Å². The van der Waals surface area contributed by atoms with Crippen LogP contribution in [0.5, 0.6) is 0 Å². The molecule has 0 saturated carbocycles. The van der Waals surface area contributed by atoms with Crippen LogP contribution >= 0.6 is 0 Å². The molecule has 0 radical (unpaired) electrons. The Hall–Kier alpha value is -2.97. The second-order valence-corrected chi connectivity index (χ2v) is 7.14. The Balaban J connectivity index is 1.85. The molecular formula is C18H24N6O3. The highest BCUT2D eigenvalue weighted by Gasteiger charge is 2.27. The van der Waals surface area contributed by atoms with Gasteiger partial charge >= 0.3 is 11.8 Å². The summed E-state index contributed by atoms with van der Waals surface area (Å²) in [6.07, 6.45) is 1.95. The third-order valence-corrected chi connectivity index (χ3v) is 4.79. The predicted octanol–water partition coefficient (Wildman–Crippen LogP) is 1.08. The van der Waals surface area contributed by atoms with E-state index in [1.165, 1.54) is 4.68 Å². The highest BCUT2D eigenvalue weighted by molar-refractivity contribution is 6.39. The SMILES string of the molecule is Cc1cc(NC(=O)C(=O)N2CCCC(C)C2)n(-c2nc(C)c(C)c(=O)[nH]2)n1. The van der Waals surface area contributed by atoms with E-state index in [0.717, 1.165) is 12.8 Å². The van der Waals surface area contributed by atoms with Crippen LogP contribution in [-0.2, 0) is 9.59 Å². The van der Waals surface area contributed by atoms with Gasteiger partial charge in [0.05, 0.1) is 5.69 Å². The Morgan fingerprint density at radius 3 is 2.70 bits per heavy atom. The molecule has 144 valence electrons. The van der Waals surface area contributed by atoms with E-state index < -0.39 is 11.8 Å². The third kappa shape index (κ3) is 3.91. The van der Waals surface area contributed by atoms with E-state index in [0.29, 0.717) is 36.0 Å². The van der Waals surface area contributed by atoms with Crippen LogP contribution in [0.25, 0.3) is 5.95 Å². The highest BCUT2D eigenvalue weighted by Crippen LogP contribution is 2.17. The minimum absolute atomic E-state index is 0.186. The molecule has 3 rings (SSSR count). The molecule has 0 bridgehead atoms. The van der Waals surface area contributed by atoms with Gasteiger partial charge in [0.25, 0.3) is 5.56 Å². The number of likely N-dealkylation sites (tertiary alicyclic amines) is 1. The lowest BCUT2D eigenvalue weighted by atomic mass is 10.0. The standard InChI is InChI=1S/C18H24N6O3/c1-10-6-5-7-23(9-10)17(27)16(26)20-14-8-11(2)22-24(14)18-19-13(4)12(3)15(25)21-18/h8,10H,5-7,9H2,1-4H3,(H,20,26)(H,19,21,25). The van der Waals surface area contributed by atoms with Gasteiger partial charge in [-0.25, -0.2) is 4.98 Å². The Labute approximate surface area is 156 Å². The summed E-state index contributed by atoms with van der Waals surface area (Å²) in [4.78, 5) is 45.5. The van der Waals surface area contributed by atoms with Crippen molar-refractivity contribution in [2.75, 3.05) is 18.4 Å². The molecule has 2 N–H and O–H groups in total. The third-order valence-electron chi connectivity index (χ3n) is 4.79. The van der Waals surface area contributed by atoms with Crippen LogP contribution in [0, 0.1) is 26.7 Å². The van der Waals surface area contributed by atoms with Crippen molar-refractivity contribution in [1.82, 2.24) is 24.6 Å².